The molecule has 1 aromatic rings. The predicted octanol–water partition coefficient (Wildman–Crippen LogP) is 1.69. The van der Waals surface area contributed by atoms with Gasteiger partial charge in [0.1, 0.15) is 6.54 Å². The molecule has 24 heavy (non-hydrogen) atoms. The number of para-hydroxylation sites is 1. The van der Waals surface area contributed by atoms with Gasteiger partial charge < -0.3 is 14.4 Å². The number of benzene rings is 1. The van der Waals surface area contributed by atoms with E-state index in [9.17, 15) is 9.59 Å². The number of methoxy groups -OCH3 is 1. The van der Waals surface area contributed by atoms with E-state index in [0.717, 1.165) is 25.9 Å². The standard InChI is InChI=1S/C18H26N2O4/c1-3-24-18(22)14-20(15-7-5-4-6-8-15)17(21)13-19-11-9-16(23-2)10-12-19/h4-8,16H,3,9-14H2,1-2H3. The topological polar surface area (TPSA) is 59.1 Å². The van der Waals surface area contributed by atoms with Crippen LogP contribution in [0.4, 0.5) is 5.69 Å². The van der Waals surface area contributed by atoms with Crippen LogP contribution in [0.3, 0.4) is 0 Å². The molecule has 0 atom stereocenters. The molecule has 0 bridgehead atoms. The summed E-state index contributed by atoms with van der Waals surface area (Å²) in [4.78, 5) is 28.2. The molecule has 1 aliphatic rings. The van der Waals surface area contributed by atoms with Gasteiger partial charge in [-0.15, -0.1) is 0 Å². The van der Waals surface area contributed by atoms with Crippen molar-refractivity contribution in [1.82, 2.24) is 4.90 Å². The molecule has 0 aliphatic carbocycles. The molecule has 6 heteroatoms. The zero-order valence-electron chi connectivity index (χ0n) is 14.4. The highest BCUT2D eigenvalue weighted by Crippen LogP contribution is 2.16. The minimum atomic E-state index is -0.396. The first-order valence-corrected chi connectivity index (χ1v) is 8.40. The summed E-state index contributed by atoms with van der Waals surface area (Å²) in [6.07, 6.45) is 2.13. The number of likely N-dealkylation sites (tertiary alicyclic amines) is 1. The fourth-order valence-corrected chi connectivity index (χ4v) is 2.85. The van der Waals surface area contributed by atoms with Crippen LogP contribution < -0.4 is 4.90 Å². The SMILES string of the molecule is CCOC(=O)CN(C(=O)CN1CCC(OC)CC1)c1ccccc1. The Morgan fingerprint density at radius 1 is 1.21 bits per heavy atom. The number of rotatable bonds is 7. The van der Waals surface area contributed by atoms with E-state index in [-0.39, 0.29) is 18.6 Å². The van der Waals surface area contributed by atoms with Crippen LogP contribution in [0.2, 0.25) is 0 Å². The van der Waals surface area contributed by atoms with Gasteiger partial charge in [-0.1, -0.05) is 18.2 Å². The Kier molecular flexibility index (Phi) is 7.21. The molecule has 2 rings (SSSR count). The van der Waals surface area contributed by atoms with Crippen LogP contribution in [0.15, 0.2) is 30.3 Å². The van der Waals surface area contributed by atoms with Gasteiger partial charge in [-0.25, -0.2) is 0 Å². The lowest BCUT2D eigenvalue weighted by Crippen LogP contribution is -2.46. The first kappa shape index (κ1) is 18.4. The summed E-state index contributed by atoms with van der Waals surface area (Å²) in [6.45, 7) is 3.95. The molecule has 1 amide bonds. The van der Waals surface area contributed by atoms with Gasteiger partial charge >= 0.3 is 5.97 Å². The lowest BCUT2D eigenvalue weighted by Gasteiger charge is -2.32. The van der Waals surface area contributed by atoms with Crippen molar-refractivity contribution in [2.24, 2.45) is 0 Å². The van der Waals surface area contributed by atoms with Crippen LogP contribution in [0.5, 0.6) is 0 Å². The number of hydrogen-bond donors (Lipinski definition) is 0. The molecule has 1 aliphatic heterocycles. The number of hydrogen-bond acceptors (Lipinski definition) is 5. The van der Waals surface area contributed by atoms with E-state index in [1.807, 2.05) is 30.3 Å². The van der Waals surface area contributed by atoms with Gasteiger partial charge in [-0.3, -0.25) is 14.5 Å². The number of ether oxygens (including phenoxy) is 2. The molecule has 0 N–H and O–H groups in total. The predicted molar refractivity (Wildman–Crippen MR) is 91.9 cm³/mol. The van der Waals surface area contributed by atoms with E-state index in [1.54, 1.807) is 14.0 Å². The molecule has 0 spiro atoms. The van der Waals surface area contributed by atoms with Crippen molar-refractivity contribution in [1.29, 1.82) is 0 Å². The lowest BCUT2D eigenvalue weighted by atomic mass is 10.1. The second-order valence-electron chi connectivity index (χ2n) is 5.83. The summed E-state index contributed by atoms with van der Waals surface area (Å²) in [5.41, 5.74) is 0.710. The van der Waals surface area contributed by atoms with E-state index < -0.39 is 5.97 Å². The lowest BCUT2D eigenvalue weighted by molar-refractivity contribution is -0.142. The van der Waals surface area contributed by atoms with Crippen molar-refractivity contribution < 1.29 is 19.1 Å². The summed E-state index contributed by atoms with van der Waals surface area (Å²) < 4.78 is 10.4. The van der Waals surface area contributed by atoms with E-state index >= 15 is 0 Å². The molecule has 1 fully saturated rings. The fraction of sp³-hybridized carbons (Fsp3) is 0.556. The summed E-state index contributed by atoms with van der Waals surface area (Å²) >= 11 is 0. The van der Waals surface area contributed by atoms with Gasteiger partial charge in [0.25, 0.3) is 0 Å². The molecule has 0 saturated carbocycles. The smallest absolute Gasteiger partial charge is 0.326 e. The highest BCUT2D eigenvalue weighted by Gasteiger charge is 2.25. The van der Waals surface area contributed by atoms with E-state index in [4.69, 9.17) is 9.47 Å². The maximum absolute atomic E-state index is 12.7. The molecule has 6 nitrogen and oxygen atoms in total. The Morgan fingerprint density at radius 3 is 2.46 bits per heavy atom. The monoisotopic (exact) mass is 334 g/mol. The molecular formula is C18H26N2O4. The third kappa shape index (κ3) is 5.32. The molecule has 1 aromatic carbocycles. The maximum atomic E-state index is 12.7. The number of esters is 1. The number of piperidine rings is 1. The second-order valence-corrected chi connectivity index (χ2v) is 5.83. The maximum Gasteiger partial charge on any atom is 0.326 e. The largest absolute Gasteiger partial charge is 0.465 e. The zero-order valence-corrected chi connectivity index (χ0v) is 14.4. The van der Waals surface area contributed by atoms with Crippen LogP contribution in [0.1, 0.15) is 19.8 Å². The van der Waals surface area contributed by atoms with Gasteiger partial charge in [-0.2, -0.15) is 0 Å². The fourth-order valence-electron chi connectivity index (χ4n) is 2.85. The average molecular weight is 334 g/mol. The molecule has 1 heterocycles. The molecule has 132 valence electrons. The third-order valence-corrected chi connectivity index (χ3v) is 4.19. The van der Waals surface area contributed by atoms with Crippen LogP contribution >= 0.6 is 0 Å². The summed E-state index contributed by atoms with van der Waals surface area (Å²) in [5.74, 6) is -0.488. The van der Waals surface area contributed by atoms with Crippen molar-refractivity contribution in [2.75, 3.05) is 44.8 Å². The normalized spacial score (nSPS) is 15.9. The van der Waals surface area contributed by atoms with Crippen LogP contribution in [-0.2, 0) is 19.1 Å². The second kappa shape index (κ2) is 9.39. The number of nitrogens with zero attached hydrogens (tertiary/aromatic N) is 2. The van der Waals surface area contributed by atoms with Gasteiger partial charge in [0.2, 0.25) is 5.91 Å². The Hall–Kier alpha value is -1.92. The van der Waals surface area contributed by atoms with Crippen molar-refractivity contribution >= 4 is 17.6 Å². The first-order chi connectivity index (χ1) is 11.6. The van der Waals surface area contributed by atoms with Crippen LogP contribution in [0, 0.1) is 0 Å². The summed E-state index contributed by atoms with van der Waals surface area (Å²) in [6, 6.07) is 9.24. The minimum Gasteiger partial charge on any atom is -0.465 e. The quantitative estimate of drug-likeness (QED) is 0.710. The number of anilines is 1. The van der Waals surface area contributed by atoms with Crippen molar-refractivity contribution in [2.45, 2.75) is 25.9 Å². The number of carbonyl (C=O) groups is 2. The van der Waals surface area contributed by atoms with Crippen molar-refractivity contribution in [3.05, 3.63) is 30.3 Å². The highest BCUT2D eigenvalue weighted by molar-refractivity contribution is 5.98. The van der Waals surface area contributed by atoms with Crippen LogP contribution in [0.25, 0.3) is 0 Å². The van der Waals surface area contributed by atoms with Crippen LogP contribution in [-0.4, -0.2) is 62.8 Å². The summed E-state index contributed by atoms with van der Waals surface area (Å²) in [7, 11) is 1.72. The Morgan fingerprint density at radius 2 is 1.88 bits per heavy atom. The molecule has 1 saturated heterocycles. The summed E-state index contributed by atoms with van der Waals surface area (Å²) in [5, 5.41) is 0. The van der Waals surface area contributed by atoms with E-state index in [2.05, 4.69) is 4.90 Å². The number of carbonyl (C=O) groups excluding carboxylic acids is 2. The van der Waals surface area contributed by atoms with Gasteiger partial charge in [0.05, 0.1) is 19.3 Å². The van der Waals surface area contributed by atoms with E-state index in [0.29, 0.717) is 18.8 Å². The Bertz CT molecular complexity index is 527. The third-order valence-electron chi connectivity index (χ3n) is 4.19. The van der Waals surface area contributed by atoms with Gasteiger partial charge in [-0.05, 0) is 31.9 Å². The zero-order chi connectivity index (χ0) is 17.4. The van der Waals surface area contributed by atoms with Gasteiger partial charge in [0, 0.05) is 25.9 Å². The van der Waals surface area contributed by atoms with Gasteiger partial charge in [0.15, 0.2) is 0 Å². The van der Waals surface area contributed by atoms with Crippen molar-refractivity contribution in [3.8, 4) is 0 Å². The molecule has 0 unspecified atom stereocenters. The number of amides is 1. The van der Waals surface area contributed by atoms with Crippen molar-refractivity contribution in [3.63, 3.8) is 0 Å². The van der Waals surface area contributed by atoms with E-state index in [1.165, 1.54) is 4.90 Å². The minimum absolute atomic E-state index is 0.0643. The molecular weight excluding hydrogens is 308 g/mol. The first-order valence-electron chi connectivity index (χ1n) is 8.40. The highest BCUT2D eigenvalue weighted by atomic mass is 16.5. The average Bonchev–Trinajstić information content (AvgIpc) is 2.61. The molecule has 0 radical (unpaired) electrons. The molecule has 0 aromatic heterocycles. The Balaban J connectivity index is 2.00. The Labute approximate surface area is 143 Å².